The van der Waals surface area contributed by atoms with E-state index < -0.39 is 30.4 Å². The normalized spacial score (nSPS) is 33.4. The molecule has 1 aromatic rings. The summed E-state index contributed by atoms with van der Waals surface area (Å²) in [7, 11) is 0. The van der Waals surface area contributed by atoms with Crippen LogP contribution in [0.3, 0.4) is 0 Å². The number of hydrogen-bond donors (Lipinski definition) is 4. The molecule has 2 heterocycles. The second kappa shape index (κ2) is 3.52. The van der Waals surface area contributed by atoms with Gasteiger partial charge in [0.25, 0.3) is 0 Å². The van der Waals surface area contributed by atoms with Gasteiger partial charge < -0.3 is 25.8 Å². The Morgan fingerprint density at radius 2 is 2.31 bits per heavy atom. The first-order chi connectivity index (χ1) is 7.51. The third kappa shape index (κ3) is 1.32. The van der Waals surface area contributed by atoms with Gasteiger partial charge in [-0.3, -0.25) is 4.57 Å². The minimum Gasteiger partial charge on any atom is -0.391 e. The summed E-state index contributed by atoms with van der Waals surface area (Å²) in [5.41, 5.74) is 2.83. The summed E-state index contributed by atoms with van der Waals surface area (Å²) >= 11 is 0. The van der Waals surface area contributed by atoms with Gasteiger partial charge in [-0.2, -0.15) is 4.98 Å². The third-order valence-electron chi connectivity index (χ3n) is 2.52. The fourth-order valence-electron chi connectivity index (χ4n) is 1.60. The predicted molar refractivity (Wildman–Crippen MR) is 51.1 cm³/mol. The molecule has 0 unspecified atom stereocenters. The molecule has 88 valence electrons. The smallest absolute Gasteiger partial charge is 0.352 e. The van der Waals surface area contributed by atoms with Gasteiger partial charge in [-0.25, -0.2) is 4.79 Å². The average Bonchev–Trinajstić information content (AvgIpc) is 2.26. The summed E-state index contributed by atoms with van der Waals surface area (Å²) in [6, 6.07) is 1.32. The van der Waals surface area contributed by atoms with E-state index in [0.717, 1.165) is 4.57 Å². The van der Waals surface area contributed by atoms with Crippen LogP contribution in [0.25, 0.3) is 0 Å². The van der Waals surface area contributed by atoms with E-state index in [-0.39, 0.29) is 5.82 Å². The zero-order valence-electron chi connectivity index (χ0n) is 8.15. The van der Waals surface area contributed by atoms with Gasteiger partial charge in [0.2, 0.25) is 5.72 Å². The van der Waals surface area contributed by atoms with Crippen molar-refractivity contribution in [2.24, 2.45) is 0 Å². The first-order valence-electron chi connectivity index (χ1n) is 4.52. The maximum atomic E-state index is 11.5. The summed E-state index contributed by atoms with van der Waals surface area (Å²) in [5.74, 6) is 0.0173. The number of aromatic nitrogens is 2. The number of nitrogen functional groups attached to an aromatic ring is 1. The van der Waals surface area contributed by atoms with Crippen molar-refractivity contribution in [3.63, 3.8) is 0 Å². The van der Waals surface area contributed by atoms with Crippen molar-refractivity contribution in [1.29, 1.82) is 0 Å². The van der Waals surface area contributed by atoms with Gasteiger partial charge in [-0.15, -0.1) is 0 Å². The summed E-state index contributed by atoms with van der Waals surface area (Å²) < 4.78 is 5.72. The highest BCUT2D eigenvalue weighted by Gasteiger charge is 2.56. The Balaban J connectivity index is 2.47. The van der Waals surface area contributed by atoms with E-state index in [1.165, 1.54) is 12.3 Å². The van der Waals surface area contributed by atoms with Gasteiger partial charge in [-0.1, -0.05) is 0 Å². The molecule has 1 aliphatic rings. The summed E-state index contributed by atoms with van der Waals surface area (Å²) in [6.45, 7) is -0.670. The molecule has 2 rings (SSSR count). The van der Waals surface area contributed by atoms with Crippen LogP contribution < -0.4 is 11.4 Å². The first-order valence-corrected chi connectivity index (χ1v) is 4.52. The second-order valence-corrected chi connectivity index (χ2v) is 3.46. The van der Waals surface area contributed by atoms with Crippen LogP contribution in [0, 0.1) is 0 Å². The molecular weight excluding hydrogens is 218 g/mol. The van der Waals surface area contributed by atoms with Gasteiger partial charge in [0.1, 0.15) is 5.82 Å². The van der Waals surface area contributed by atoms with E-state index >= 15 is 0 Å². The van der Waals surface area contributed by atoms with Gasteiger partial charge >= 0.3 is 5.69 Å². The summed E-state index contributed by atoms with van der Waals surface area (Å²) in [6.07, 6.45) is -1.60. The van der Waals surface area contributed by atoms with Crippen LogP contribution in [0.4, 0.5) is 5.82 Å². The molecule has 0 spiro atoms. The molecular formula is C8H11N3O5. The van der Waals surface area contributed by atoms with Gasteiger partial charge in [0.15, 0.2) is 12.4 Å². The number of nitrogens with zero attached hydrogens (tertiary/aromatic N) is 2. The lowest BCUT2D eigenvalue weighted by Crippen LogP contribution is -2.69. The Hall–Kier alpha value is -1.48. The predicted octanol–water partition coefficient (Wildman–Crippen LogP) is -2.82. The number of anilines is 1. The third-order valence-corrected chi connectivity index (χ3v) is 2.52. The van der Waals surface area contributed by atoms with Crippen molar-refractivity contribution < 1.29 is 20.1 Å². The van der Waals surface area contributed by atoms with Gasteiger partial charge in [0.05, 0.1) is 6.61 Å². The SMILES string of the molecule is Nc1ccn([C@]2(CO)O[C@H](O)[C@H]2O)c(=O)n1. The van der Waals surface area contributed by atoms with Crippen molar-refractivity contribution in [3.8, 4) is 0 Å². The molecule has 8 nitrogen and oxygen atoms in total. The fraction of sp³-hybridized carbons (Fsp3) is 0.500. The van der Waals surface area contributed by atoms with Crippen molar-refractivity contribution in [2.75, 3.05) is 12.3 Å². The lowest BCUT2D eigenvalue weighted by molar-refractivity contribution is -0.403. The maximum absolute atomic E-state index is 11.5. The van der Waals surface area contributed by atoms with Crippen LogP contribution in [0.15, 0.2) is 17.1 Å². The molecule has 8 heteroatoms. The van der Waals surface area contributed by atoms with Crippen molar-refractivity contribution in [3.05, 3.63) is 22.7 Å². The Morgan fingerprint density at radius 1 is 1.62 bits per heavy atom. The molecule has 3 atom stereocenters. The quantitative estimate of drug-likeness (QED) is 0.430. The van der Waals surface area contributed by atoms with Gasteiger partial charge in [0, 0.05) is 6.20 Å². The van der Waals surface area contributed by atoms with Crippen LogP contribution in [-0.2, 0) is 10.5 Å². The van der Waals surface area contributed by atoms with E-state index in [1.807, 2.05) is 0 Å². The minimum absolute atomic E-state index is 0.0173. The number of ether oxygens (including phenoxy) is 1. The van der Waals surface area contributed by atoms with Crippen molar-refractivity contribution in [2.45, 2.75) is 18.1 Å². The molecule has 5 N–H and O–H groups in total. The van der Waals surface area contributed by atoms with Crippen LogP contribution >= 0.6 is 0 Å². The molecule has 0 radical (unpaired) electrons. The first kappa shape index (κ1) is 11.0. The Labute approximate surface area is 89.5 Å². The number of hydrogen-bond acceptors (Lipinski definition) is 7. The number of rotatable bonds is 2. The van der Waals surface area contributed by atoms with Crippen LogP contribution in [0.5, 0.6) is 0 Å². The van der Waals surface area contributed by atoms with Gasteiger partial charge in [-0.05, 0) is 6.07 Å². The highest BCUT2D eigenvalue weighted by molar-refractivity contribution is 5.24. The lowest BCUT2D eigenvalue weighted by Gasteiger charge is -2.48. The standard InChI is InChI=1S/C8H11N3O5/c9-4-1-2-11(7(15)10-4)8(3-12)5(13)6(14)16-8/h1-2,5-6,12-14H,3H2,(H2,9,10,15)/t5-,6+,8-/m1/s1. The monoisotopic (exact) mass is 229 g/mol. The molecule has 1 aliphatic heterocycles. The van der Waals surface area contributed by atoms with Crippen molar-refractivity contribution >= 4 is 5.82 Å². The molecule has 0 amide bonds. The minimum atomic E-state index is -1.68. The number of aliphatic hydroxyl groups excluding tert-OH is 3. The van der Waals surface area contributed by atoms with E-state index in [2.05, 4.69) is 4.98 Å². The largest absolute Gasteiger partial charge is 0.391 e. The van der Waals surface area contributed by atoms with E-state index in [0.29, 0.717) is 0 Å². The Kier molecular flexibility index (Phi) is 2.43. The topological polar surface area (TPSA) is 131 Å². The van der Waals surface area contributed by atoms with E-state index in [1.54, 1.807) is 0 Å². The molecule has 0 aromatic carbocycles. The van der Waals surface area contributed by atoms with E-state index in [4.69, 9.17) is 20.7 Å². The average molecular weight is 229 g/mol. The highest BCUT2D eigenvalue weighted by Crippen LogP contribution is 2.35. The van der Waals surface area contributed by atoms with Crippen molar-refractivity contribution in [1.82, 2.24) is 9.55 Å². The molecule has 0 saturated carbocycles. The molecule has 0 aliphatic carbocycles. The summed E-state index contributed by atoms with van der Waals surface area (Å²) in [5, 5.41) is 27.7. The molecule has 1 aromatic heterocycles. The molecule has 1 saturated heterocycles. The second-order valence-electron chi connectivity index (χ2n) is 3.46. The molecule has 16 heavy (non-hydrogen) atoms. The fourth-order valence-corrected chi connectivity index (χ4v) is 1.60. The lowest BCUT2D eigenvalue weighted by atomic mass is 10.0. The number of nitrogens with two attached hydrogens (primary N) is 1. The Bertz CT molecular complexity index is 461. The van der Waals surface area contributed by atoms with Crippen LogP contribution in [0.2, 0.25) is 0 Å². The molecule has 1 fully saturated rings. The van der Waals surface area contributed by atoms with Crippen LogP contribution in [0.1, 0.15) is 0 Å². The Morgan fingerprint density at radius 3 is 2.75 bits per heavy atom. The zero-order chi connectivity index (χ0) is 11.9. The highest BCUT2D eigenvalue weighted by atomic mass is 16.7. The van der Waals surface area contributed by atoms with Crippen LogP contribution in [-0.4, -0.2) is 43.9 Å². The molecule has 0 bridgehead atoms. The summed E-state index contributed by atoms with van der Waals surface area (Å²) in [4.78, 5) is 14.9. The number of aliphatic hydroxyl groups is 3. The van der Waals surface area contributed by atoms with E-state index in [9.17, 15) is 9.90 Å². The maximum Gasteiger partial charge on any atom is 0.352 e. The zero-order valence-corrected chi connectivity index (χ0v) is 8.15.